The lowest BCUT2D eigenvalue weighted by atomic mass is 10.1. The highest BCUT2D eigenvalue weighted by Gasteiger charge is 2.38. The van der Waals surface area contributed by atoms with Gasteiger partial charge in [0, 0.05) is 6.07 Å². The van der Waals surface area contributed by atoms with Crippen LogP contribution in [0.5, 0.6) is 0 Å². The monoisotopic (exact) mass is 317 g/mol. The van der Waals surface area contributed by atoms with Crippen LogP contribution in [0.4, 0.5) is 14.5 Å². The Kier molecular flexibility index (Phi) is 3.40. The van der Waals surface area contributed by atoms with Gasteiger partial charge in [-0.05, 0) is 18.2 Å². The molecule has 0 bridgehead atoms. The van der Waals surface area contributed by atoms with Gasteiger partial charge in [0.1, 0.15) is 11.6 Å². The first kappa shape index (κ1) is 14.8. The van der Waals surface area contributed by atoms with E-state index in [0.717, 1.165) is 13.2 Å². The van der Waals surface area contributed by atoms with E-state index in [0.29, 0.717) is 11.0 Å². The van der Waals surface area contributed by atoms with Gasteiger partial charge in [-0.15, -0.1) is 0 Å². The summed E-state index contributed by atoms with van der Waals surface area (Å²) >= 11 is 0. The molecule has 116 valence electrons. The van der Waals surface area contributed by atoms with Crippen molar-refractivity contribution in [2.75, 3.05) is 12.0 Å². The number of hydrogen-bond acceptors (Lipinski definition) is 4. The predicted molar refractivity (Wildman–Crippen MR) is 75.3 cm³/mol. The van der Waals surface area contributed by atoms with Crippen LogP contribution in [0, 0.1) is 11.6 Å². The van der Waals surface area contributed by atoms with Crippen LogP contribution < -0.4 is 4.90 Å². The summed E-state index contributed by atoms with van der Waals surface area (Å²) in [5.74, 6) is -4.81. The van der Waals surface area contributed by atoms with Gasteiger partial charge >= 0.3 is 5.97 Å². The third-order valence-electron chi connectivity index (χ3n) is 3.48. The van der Waals surface area contributed by atoms with E-state index in [4.69, 9.17) is 0 Å². The maximum atomic E-state index is 14.1. The van der Waals surface area contributed by atoms with E-state index in [1.165, 1.54) is 12.1 Å². The number of anilines is 1. The smallest absolute Gasteiger partial charge is 0.340 e. The van der Waals surface area contributed by atoms with Crippen LogP contribution in [0.2, 0.25) is 0 Å². The molecule has 2 aromatic rings. The Morgan fingerprint density at radius 2 is 1.57 bits per heavy atom. The standard InChI is InChI=1S/C16H9F2NO4/c1-23-16(22)10-6-13(12(18)7-11(10)17)19-14(20)8-4-2-3-5-9(8)15(19)21/h2-7H,1H3. The van der Waals surface area contributed by atoms with E-state index in [9.17, 15) is 23.2 Å². The van der Waals surface area contributed by atoms with Crippen molar-refractivity contribution in [2.45, 2.75) is 0 Å². The van der Waals surface area contributed by atoms with Gasteiger partial charge < -0.3 is 4.74 Å². The molecule has 0 fully saturated rings. The summed E-state index contributed by atoms with van der Waals surface area (Å²) in [4.78, 5) is 36.7. The van der Waals surface area contributed by atoms with E-state index in [2.05, 4.69) is 4.74 Å². The average molecular weight is 317 g/mol. The molecule has 5 nitrogen and oxygen atoms in total. The number of hydrogen-bond donors (Lipinski definition) is 0. The maximum absolute atomic E-state index is 14.1. The molecule has 0 spiro atoms. The van der Waals surface area contributed by atoms with Crippen molar-refractivity contribution in [3.8, 4) is 0 Å². The Hall–Kier alpha value is -3.09. The van der Waals surface area contributed by atoms with Gasteiger partial charge in [0.25, 0.3) is 11.8 Å². The third kappa shape index (κ3) is 2.17. The first-order valence-corrected chi connectivity index (χ1v) is 6.51. The SMILES string of the molecule is COC(=O)c1cc(N2C(=O)c3ccccc3C2=O)c(F)cc1F. The number of fused-ring (bicyclic) bond motifs is 1. The molecule has 3 rings (SSSR count). The highest BCUT2D eigenvalue weighted by Crippen LogP contribution is 2.31. The zero-order valence-corrected chi connectivity index (χ0v) is 11.8. The fourth-order valence-electron chi connectivity index (χ4n) is 2.38. The number of carbonyl (C=O) groups excluding carboxylic acids is 3. The van der Waals surface area contributed by atoms with Crippen LogP contribution in [-0.2, 0) is 4.74 Å². The molecular weight excluding hydrogens is 308 g/mol. The van der Waals surface area contributed by atoms with E-state index in [1.54, 1.807) is 12.1 Å². The fraction of sp³-hybridized carbons (Fsp3) is 0.0625. The molecule has 0 aromatic heterocycles. The molecule has 1 heterocycles. The Morgan fingerprint density at radius 1 is 1.00 bits per heavy atom. The number of rotatable bonds is 2. The Labute approximate surface area is 129 Å². The number of nitrogens with zero attached hydrogens (tertiary/aromatic N) is 1. The Balaban J connectivity index is 2.15. The van der Waals surface area contributed by atoms with Crippen molar-refractivity contribution >= 4 is 23.5 Å². The van der Waals surface area contributed by atoms with Crippen LogP contribution in [0.25, 0.3) is 0 Å². The van der Waals surface area contributed by atoms with E-state index >= 15 is 0 Å². The van der Waals surface area contributed by atoms with Crippen molar-refractivity contribution in [3.63, 3.8) is 0 Å². The summed E-state index contributed by atoms with van der Waals surface area (Å²) in [7, 11) is 1.03. The summed E-state index contributed by atoms with van der Waals surface area (Å²) in [6.07, 6.45) is 0. The number of esters is 1. The van der Waals surface area contributed by atoms with Crippen molar-refractivity contribution in [3.05, 3.63) is 64.7 Å². The molecule has 2 aromatic carbocycles. The van der Waals surface area contributed by atoms with Gasteiger partial charge in [-0.2, -0.15) is 0 Å². The molecule has 0 saturated carbocycles. The number of benzene rings is 2. The van der Waals surface area contributed by atoms with Crippen molar-refractivity contribution in [2.24, 2.45) is 0 Å². The van der Waals surface area contributed by atoms with Crippen LogP contribution in [0.15, 0.2) is 36.4 Å². The summed E-state index contributed by atoms with van der Waals surface area (Å²) in [5.41, 5.74) is -0.847. The summed E-state index contributed by atoms with van der Waals surface area (Å²) in [6, 6.07) is 7.21. The number of halogens is 2. The van der Waals surface area contributed by atoms with E-state index < -0.39 is 40.7 Å². The van der Waals surface area contributed by atoms with Gasteiger partial charge in [0.15, 0.2) is 0 Å². The summed E-state index contributed by atoms with van der Waals surface area (Å²) in [5, 5.41) is 0. The van der Waals surface area contributed by atoms with Crippen LogP contribution in [-0.4, -0.2) is 24.9 Å². The molecule has 0 unspecified atom stereocenters. The molecule has 0 saturated heterocycles. The first-order valence-electron chi connectivity index (χ1n) is 6.51. The highest BCUT2D eigenvalue weighted by molar-refractivity contribution is 6.34. The lowest BCUT2D eigenvalue weighted by Gasteiger charge is -2.16. The van der Waals surface area contributed by atoms with Gasteiger partial charge in [0.2, 0.25) is 0 Å². The fourth-order valence-corrected chi connectivity index (χ4v) is 2.38. The quantitative estimate of drug-likeness (QED) is 0.631. The molecule has 0 radical (unpaired) electrons. The second kappa shape index (κ2) is 5.28. The number of ether oxygens (including phenoxy) is 1. The van der Waals surface area contributed by atoms with Gasteiger partial charge in [-0.3, -0.25) is 9.59 Å². The topological polar surface area (TPSA) is 63.7 Å². The number of amides is 2. The second-order valence-corrected chi connectivity index (χ2v) is 4.77. The minimum Gasteiger partial charge on any atom is -0.465 e. The molecule has 7 heteroatoms. The number of methoxy groups -OCH3 is 1. The normalized spacial score (nSPS) is 13.3. The third-order valence-corrected chi connectivity index (χ3v) is 3.48. The van der Waals surface area contributed by atoms with Gasteiger partial charge in [-0.25, -0.2) is 18.5 Å². The van der Waals surface area contributed by atoms with Crippen molar-refractivity contribution in [1.29, 1.82) is 0 Å². The van der Waals surface area contributed by atoms with Gasteiger partial charge in [-0.1, -0.05) is 12.1 Å². The highest BCUT2D eigenvalue weighted by atomic mass is 19.1. The van der Waals surface area contributed by atoms with Crippen LogP contribution in [0.3, 0.4) is 0 Å². The largest absolute Gasteiger partial charge is 0.465 e. The molecule has 1 aliphatic rings. The number of carbonyl (C=O) groups is 3. The van der Waals surface area contributed by atoms with Crippen molar-refractivity contribution < 1.29 is 27.9 Å². The average Bonchev–Trinajstić information content (AvgIpc) is 2.79. The second-order valence-electron chi connectivity index (χ2n) is 4.77. The Bertz CT molecular complexity index is 828. The van der Waals surface area contributed by atoms with Crippen LogP contribution in [0.1, 0.15) is 31.1 Å². The van der Waals surface area contributed by atoms with E-state index in [1.807, 2.05) is 0 Å². The zero-order valence-electron chi connectivity index (χ0n) is 11.8. The molecule has 0 N–H and O–H groups in total. The molecule has 2 amide bonds. The van der Waals surface area contributed by atoms with Crippen molar-refractivity contribution in [1.82, 2.24) is 0 Å². The molecule has 0 atom stereocenters. The first-order chi connectivity index (χ1) is 11.0. The van der Waals surface area contributed by atoms with Gasteiger partial charge in [0.05, 0.1) is 29.5 Å². The maximum Gasteiger partial charge on any atom is 0.340 e. The minimum absolute atomic E-state index is 0.112. The minimum atomic E-state index is -1.14. The Morgan fingerprint density at radius 3 is 2.09 bits per heavy atom. The lowest BCUT2D eigenvalue weighted by Crippen LogP contribution is -2.30. The van der Waals surface area contributed by atoms with E-state index in [-0.39, 0.29) is 11.1 Å². The predicted octanol–water partition coefficient (Wildman–Crippen LogP) is 2.55. The van der Waals surface area contributed by atoms with Crippen LogP contribution >= 0.6 is 0 Å². The molecular formula is C16H9F2NO4. The summed E-state index contributed by atoms with van der Waals surface area (Å²) < 4.78 is 32.2. The molecule has 0 aliphatic carbocycles. The number of imide groups is 1. The summed E-state index contributed by atoms with van der Waals surface area (Å²) in [6.45, 7) is 0. The zero-order chi connectivity index (χ0) is 16.7. The molecule has 1 aliphatic heterocycles. The lowest BCUT2D eigenvalue weighted by molar-refractivity contribution is 0.0594. The molecule has 23 heavy (non-hydrogen) atoms.